The quantitative estimate of drug-likeness (QED) is 0.331. The number of nitrogens with zero attached hydrogens (tertiary/aromatic N) is 2. The Morgan fingerprint density at radius 1 is 1.05 bits per heavy atom. The van der Waals surface area contributed by atoms with Crippen LogP contribution in [0.5, 0.6) is 5.75 Å². The van der Waals surface area contributed by atoms with Crippen LogP contribution in [-0.2, 0) is 6.42 Å². The van der Waals surface area contributed by atoms with E-state index in [4.69, 9.17) is 10.5 Å². The van der Waals surface area contributed by atoms with Gasteiger partial charge in [0.05, 0.1) is 18.3 Å². The smallest absolute Gasteiger partial charge is 0.412 e. The molecular weight excluding hydrogens is 474 g/mol. The van der Waals surface area contributed by atoms with E-state index in [1.54, 1.807) is 4.90 Å². The van der Waals surface area contributed by atoms with Crippen LogP contribution in [0.2, 0.25) is 0 Å². The molecule has 0 spiro atoms. The Morgan fingerprint density at radius 3 is 2.47 bits per heavy atom. The first-order chi connectivity index (χ1) is 18.6. The zero-order valence-corrected chi connectivity index (χ0v) is 21.8. The second-order valence-electron chi connectivity index (χ2n) is 10.2. The second kappa shape index (κ2) is 12.3. The van der Waals surface area contributed by atoms with Gasteiger partial charge in [0.1, 0.15) is 5.75 Å². The summed E-state index contributed by atoms with van der Waals surface area (Å²) >= 11 is 0. The molecule has 0 radical (unpaired) electrons. The maximum atomic E-state index is 12.6. The Bertz CT molecular complexity index is 1230. The second-order valence-corrected chi connectivity index (χ2v) is 10.2. The van der Waals surface area contributed by atoms with Crippen molar-refractivity contribution in [3.63, 3.8) is 0 Å². The van der Waals surface area contributed by atoms with Crippen LogP contribution in [0.25, 0.3) is 17.2 Å². The predicted octanol–water partition coefficient (Wildman–Crippen LogP) is 5.92. The minimum Gasteiger partial charge on any atom is -0.493 e. The molecule has 3 fully saturated rings. The van der Waals surface area contributed by atoms with Crippen molar-refractivity contribution in [2.24, 2.45) is 11.7 Å². The summed E-state index contributed by atoms with van der Waals surface area (Å²) in [6.45, 7) is 4.19. The summed E-state index contributed by atoms with van der Waals surface area (Å²) in [5.74, 6) is 1.27. The van der Waals surface area contributed by atoms with Gasteiger partial charge in [0.25, 0.3) is 0 Å². The standard InChI is InChI=1S/C32H37N3O3/c33-18-15-24-9-12-28(13-10-24)38-21-5-4-6-25-11-14-30(29(22-25)26-7-2-1-3-8-26)35(32(36)37)31-23-34-19-16-27(31)17-20-34/h1-4,6-14,22,27,31H,5,15-21,23,33H2,(H,36,37)/b6-4+/t31-/m0/s1. The molecule has 3 aliphatic heterocycles. The molecule has 3 aliphatic rings. The molecule has 3 aromatic carbocycles. The van der Waals surface area contributed by atoms with Crippen molar-refractivity contribution < 1.29 is 14.6 Å². The third-order valence-electron chi connectivity index (χ3n) is 7.74. The lowest BCUT2D eigenvalue weighted by atomic mass is 9.82. The van der Waals surface area contributed by atoms with E-state index in [1.165, 1.54) is 5.56 Å². The van der Waals surface area contributed by atoms with E-state index in [2.05, 4.69) is 47.4 Å². The van der Waals surface area contributed by atoms with Crippen LogP contribution >= 0.6 is 0 Å². The average Bonchev–Trinajstić information content (AvgIpc) is 2.95. The Balaban J connectivity index is 1.32. The van der Waals surface area contributed by atoms with E-state index in [-0.39, 0.29) is 6.04 Å². The van der Waals surface area contributed by atoms with E-state index in [0.29, 0.717) is 19.1 Å². The molecule has 0 saturated carbocycles. The summed E-state index contributed by atoms with van der Waals surface area (Å²) in [4.78, 5) is 16.7. The third-order valence-corrected chi connectivity index (χ3v) is 7.74. The van der Waals surface area contributed by atoms with Gasteiger partial charge in [-0.3, -0.25) is 4.90 Å². The molecule has 1 amide bonds. The fourth-order valence-electron chi connectivity index (χ4n) is 5.75. The van der Waals surface area contributed by atoms with E-state index in [9.17, 15) is 9.90 Å². The number of carboxylic acid groups (broad SMARTS) is 1. The molecule has 6 heteroatoms. The average molecular weight is 512 g/mol. The maximum Gasteiger partial charge on any atom is 0.412 e. The molecule has 3 aromatic rings. The molecule has 3 N–H and O–H groups in total. The molecule has 3 heterocycles. The number of piperidine rings is 3. The number of nitrogens with two attached hydrogens (primary N) is 1. The molecule has 0 aliphatic carbocycles. The first kappa shape index (κ1) is 26.0. The van der Waals surface area contributed by atoms with Gasteiger partial charge < -0.3 is 20.5 Å². The molecular formula is C32H37N3O3. The van der Waals surface area contributed by atoms with Crippen molar-refractivity contribution in [1.82, 2.24) is 4.90 Å². The summed E-state index contributed by atoms with van der Waals surface area (Å²) in [6, 6.07) is 24.3. The van der Waals surface area contributed by atoms with Crippen molar-refractivity contribution >= 4 is 17.9 Å². The van der Waals surface area contributed by atoms with Gasteiger partial charge >= 0.3 is 6.09 Å². The van der Waals surface area contributed by atoms with E-state index in [1.807, 2.05) is 42.5 Å². The van der Waals surface area contributed by atoms with Gasteiger partial charge in [0.2, 0.25) is 0 Å². The monoisotopic (exact) mass is 511 g/mol. The van der Waals surface area contributed by atoms with Crippen molar-refractivity contribution in [3.05, 3.63) is 90.0 Å². The van der Waals surface area contributed by atoms with Crippen molar-refractivity contribution in [3.8, 4) is 16.9 Å². The van der Waals surface area contributed by atoms with Crippen LogP contribution in [0.3, 0.4) is 0 Å². The highest BCUT2D eigenvalue weighted by Crippen LogP contribution is 2.38. The van der Waals surface area contributed by atoms with Crippen LogP contribution in [-0.4, -0.2) is 54.9 Å². The van der Waals surface area contributed by atoms with E-state index in [0.717, 1.165) is 73.4 Å². The summed E-state index contributed by atoms with van der Waals surface area (Å²) in [6.07, 6.45) is 7.09. The van der Waals surface area contributed by atoms with Crippen LogP contribution in [0.4, 0.5) is 10.5 Å². The third kappa shape index (κ3) is 6.09. The highest BCUT2D eigenvalue weighted by Gasteiger charge is 2.40. The predicted molar refractivity (Wildman–Crippen MR) is 154 cm³/mol. The zero-order chi connectivity index (χ0) is 26.3. The maximum absolute atomic E-state index is 12.6. The number of amides is 1. The topological polar surface area (TPSA) is 79.0 Å². The fraction of sp³-hybridized carbons (Fsp3) is 0.344. The largest absolute Gasteiger partial charge is 0.493 e. The number of ether oxygens (including phenoxy) is 1. The number of hydrogen-bond donors (Lipinski definition) is 2. The summed E-state index contributed by atoms with van der Waals surface area (Å²) in [7, 11) is 0. The molecule has 6 rings (SSSR count). The van der Waals surface area contributed by atoms with Gasteiger partial charge in [0, 0.05) is 12.1 Å². The first-order valence-corrected chi connectivity index (χ1v) is 13.6. The number of carbonyl (C=O) groups is 1. The molecule has 1 atom stereocenters. The lowest BCUT2D eigenvalue weighted by Gasteiger charge is -2.48. The zero-order valence-electron chi connectivity index (χ0n) is 21.8. The molecule has 198 valence electrons. The van der Waals surface area contributed by atoms with Crippen LogP contribution in [0.15, 0.2) is 78.9 Å². The Morgan fingerprint density at radius 2 is 1.82 bits per heavy atom. The van der Waals surface area contributed by atoms with Crippen LogP contribution in [0.1, 0.15) is 30.4 Å². The number of rotatable bonds is 10. The molecule has 2 bridgehead atoms. The van der Waals surface area contributed by atoms with E-state index < -0.39 is 6.09 Å². The molecule has 6 nitrogen and oxygen atoms in total. The first-order valence-electron chi connectivity index (χ1n) is 13.6. The van der Waals surface area contributed by atoms with Crippen LogP contribution in [0, 0.1) is 5.92 Å². The highest BCUT2D eigenvalue weighted by molar-refractivity contribution is 5.94. The van der Waals surface area contributed by atoms with Gasteiger partial charge in [-0.2, -0.15) is 0 Å². The van der Waals surface area contributed by atoms with Gasteiger partial charge in [-0.25, -0.2) is 4.79 Å². The molecule has 0 aromatic heterocycles. The summed E-state index contributed by atoms with van der Waals surface area (Å²) in [5.41, 5.74) is 10.6. The lowest BCUT2D eigenvalue weighted by molar-refractivity contribution is 0.0838. The van der Waals surface area contributed by atoms with Crippen molar-refractivity contribution in [2.75, 3.05) is 37.7 Å². The fourth-order valence-corrected chi connectivity index (χ4v) is 5.75. The Hall–Kier alpha value is -3.61. The minimum absolute atomic E-state index is 0.0135. The summed E-state index contributed by atoms with van der Waals surface area (Å²) in [5, 5.41) is 10.4. The summed E-state index contributed by atoms with van der Waals surface area (Å²) < 4.78 is 5.88. The highest BCUT2D eigenvalue weighted by atomic mass is 16.5. The number of fused-ring (bicyclic) bond motifs is 3. The number of hydrogen-bond acceptors (Lipinski definition) is 4. The molecule has 38 heavy (non-hydrogen) atoms. The van der Waals surface area contributed by atoms with Gasteiger partial charge in [-0.15, -0.1) is 0 Å². The van der Waals surface area contributed by atoms with Gasteiger partial charge in [0.15, 0.2) is 0 Å². The Labute approximate surface area is 225 Å². The van der Waals surface area contributed by atoms with Gasteiger partial charge in [-0.1, -0.05) is 60.7 Å². The SMILES string of the molecule is NCCc1ccc(OCC/C=C/c2ccc(N(C(=O)O)[C@H]3CN4CCC3CC4)c(-c3ccccc3)c2)cc1. The number of anilines is 1. The van der Waals surface area contributed by atoms with E-state index >= 15 is 0 Å². The molecule has 0 unspecified atom stereocenters. The van der Waals surface area contributed by atoms with Gasteiger partial charge in [-0.05, 0) is 92.2 Å². The Kier molecular flexibility index (Phi) is 8.41. The van der Waals surface area contributed by atoms with Crippen molar-refractivity contribution in [2.45, 2.75) is 31.7 Å². The van der Waals surface area contributed by atoms with Crippen molar-refractivity contribution in [1.29, 1.82) is 0 Å². The number of benzene rings is 3. The minimum atomic E-state index is -0.877. The normalized spacial score (nSPS) is 20.5. The van der Waals surface area contributed by atoms with Crippen LogP contribution < -0.4 is 15.4 Å². The lowest BCUT2D eigenvalue weighted by Crippen LogP contribution is -2.58. The molecule has 3 saturated heterocycles.